The van der Waals surface area contributed by atoms with Crippen molar-refractivity contribution in [2.75, 3.05) is 65.4 Å². The number of aliphatic carboxylic acids is 3. The van der Waals surface area contributed by atoms with Gasteiger partial charge in [-0.2, -0.15) is 0 Å². The highest BCUT2D eigenvalue weighted by molar-refractivity contribution is 5.69. The highest BCUT2D eigenvalue weighted by Gasteiger charge is 2.17. The molecule has 0 heterocycles. The van der Waals surface area contributed by atoms with Gasteiger partial charge in [0.1, 0.15) is 5.75 Å². The molecule has 34 heavy (non-hydrogen) atoms. The summed E-state index contributed by atoms with van der Waals surface area (Å²) in [6.45, 7) is 7.11. The largest absolute Gasteiger partial charge is 0.507 e. The van der Waals surface area contributed by atoms with E-state index in [0.29, 0.717) is 52.4 Å². The van der Waals surface area contributed by atoms with Crippen molar-refractivity contribution in [2.24, 2.45) is 0 Å². The fraction of sp³-hybridized carbons (Fsp3) is 0.609. The summed E-state index contributed by atoms with van der Waals surface area (Å²) in [5.74, 6) is -2.63. The molecule has 0 radical (unpaired) electrons. The fourth-order valence-electron chi connectivity index (χ4n) is 3.59. The zero-order valence-electron chi connectivity index (χ0n) is 20.1. The average Bonchev–Trinajstić information content (AvgIpc) is 2.74. The standard InChI is InChI=1S/C23H38N4O7/c1-3-8-25(16-21(30)31)10-12-27(15-19-6-4-5-18(2)23(19)34)13-11-26(17-22(32)33)9-7-24-14-20(28)29/h4-6,24,34H,3,7-17H2,1-2H3,(H,28,29)(H,30,31)(H,32,33). The molecule has 1 aromatic rings. The second-order valence-electron chi connectivity index (χ2n) is 8.27. The highest BCUT2D eigenvalue weighted by Crippen LogP contribution is 2.22. The Labute approximate surface area is 200 Å². The van der Waals surface area contributed by atoms with Crippen LogP contribution < -0.4 is 5.32 Å². The van der Waals surface area contributed by atoms with Crippen molar-refractivity contribution in [1.29, 1.82) is 0 Å². The van der Waals surface area contributed by atoms with Crippen LogP contribution in [-0.4, -0.2) is 118 Å². The van der Waals surface area contributed by atoms with Crippen LogP contribution >= 0.6 is 0 Å². The number of phenols is 1. The maximum absolute atomic E-state index is 11.3. The number of aromatic hydroxyl groups is 1. The Morgan fingerprint density at radius 3 is 1.91 bits per heavy atom. The normalized spacial score (nSPS) is 11.4. The van der Waals surface area contributed by atoms with Gasteiger partial charge in [-0.15, -0.1) is 0 Å². The van der Waals surface area contributed by atoms with Crippen molar-refractivity contribution in [3.8, 4) is 5.75 Å². The van der Waals surface area contributed by atoms with E-state index in [0.717, 1.165) is 17.5 Å². The lowest BCUT2D eigenvalue weighted by Gasteiger charge is -2.29. The Bertz CT molecular complexity index is 791. The number of carbonyl (C=O) groups is 3. The van der Waals surface area contributed by atoms with Crippen LogP contribution in [-0.2, 0) is 20.9 Å². The number of carboxylic acid groups (broad SMARTS) is 3. The number of carboxylic acids is 3. The molecule has 1 rings (SSSR count). The molecular formula is C23H38N4O7. The first-order valence-electron chi connectivity index (χ1n) is 11.4. The number of para-hydroxylation sites is 1. The molecule has 0 aromatic heterocycles. The molecule has 11 nitrogen and oxygen atoms in total. The van der Waals surface area contributed by atoms with E-state index in [9.17, 15) is 29.7 Å². The molecule has 0 bridgehead atoms. The minimum absolute atomic E-state index is 0.0578. The maximum atomic E-state index is 11.3. The molecule has 0 atom stereocenters. The van der Waals surface area contributed by atoms with Crippen molar-refractivity contribution in [1.82, 2.24) is 20.0 Å². The quantitative estimate of drug-likeness (QED) is 0.174. The van der Waals surface area contributed by atoms with Crippen LogP contribution in [0.15, 0.2) is 18.2 Å². The fourth-order valence-corrected chi connectivity index (χ4v) is 3.59. The summed E-state index contributed by atoms with van der Waals surface area (Å²) in [6, 6.07) is 5.51. The van der Waals surface area contributed by atoms with Gasteiger partial charge < -0.3 is 25.7 Å². The van der Waals surface area contributed by atoms with Crippen molar-refractivity contribution in [3.05, 3.63) is 29.3 Å². The lowest BCUT2D eigenvalue weighted by atomic mass is 10.1. The van der Waals surface area contributed by atoms with Crippen LogP contribution in [0.2, 0.25) is 0 Å². The molecule has 0 aliphatic rings. The maximum Gasteiger partial charge on any atom is 0.317 e. The van der Waals surface area contributed by atoms with Gasteiger partial charge in [0.05, 0.1) is 19.6 Å². The van der Waals surface area contributed by atoms with E-state index < -0.39 is 17.9 Å². The van der Waals surface area contributed by atoms with Gasteiger partial charge in [-0.05, 0) is 25.5 Å². The van der Waals surface area contributed by atoms with E-state index in [1.807, 2.05) is 36.9 Å². The van der Waals surface area contributed by atoms with Crippen molar-refractivity contribution >= 4 is 17.9 Å². The van der Waals surface area contributed by atoms with Crippen LogP contribution in [0.4, 0.5) is 0 Å². The van der Waals surface area contributed by atoms with Gasteiger partial charge in [-0.3, -0.25) is 29.1 Å². The summed E-state index contributed by atoms with van der Waals surface area (Å²) in [5.41, 5.74) is 1.50. The van der Waals surface area contributed by atoms with Crippen LogP contribution in [0.1, 0.15) is 24.5 Å². The molecule has 0 saturated heterocycles. The number of aryl methyl sites for hydroxylation is 1. The molecule has 0 saturated carbocycles. The van der Waals surface area contributed by atoms with Gasteiger partial charge in [-0.1, -0.05) is 25.1 Å². The summed E-state index contributed by atoms with van der Waals surface area (Å²) >= 11 is 0. The lowest BCUT2D eigenvalue weighted by molar-refractivity contribution is -0.139. The first kappa shape index (κ1) is 29.3. The number of rotatable bonds is 19. The number of benzene rings is 1. The molecule has 0 amide bonds. The van der Waals surface area contributed by atoms with Crippen LogP contribution in [0.5, 0.6) is 5.75 Å². The van der Waals surface area contributed by atoms with Crippen molar-refractivity contribution in [3.63, 3.8) is 0 Å². The summed E-state index contributed by atoms with van der Waals surface area (Å²) in [6.07, 6.45) is 0.821. The van der Waals surface area contributed by atoms with Gasteiger partial charge in [0, 0.05) is 51.4 Å². The summed E-state index contributed by atoms with van der Waals surface area (Å²) in [7, 11) is 0. The molecule has 0 aliphatic heterocycles. The predicted molar refractivity (Wildman–Crippen MR) is 127 cm³/mol. The topological polar surface area (TPSA) is 154 Å². The number of nitrogens with zero attached hydrogens (tertiary/aromatic N) is 3. The van der Waals surface area contributed by atoms with E-state index in [2.05, 4.69) is 10.2 Å². The third-order valence-electron chi connectivity index (χ3n) is 5.32. The molecule has 192 valence electrons. The van der Waals surface area contributed by atoms with Gasteiger partial charge in [0.2, 0.25) is 0 Å². The molecule has 5 N–H and O–H groups in total. The van der Waals surface area contributed by atoms with E-state index in [1.165, 1.54) is 0 Å². The van der Waals surface area contributed by atoms with E-state index >= 15 is 0 Å². The monoisotopic (exact) mass is 482 g/mol. The third kappa shape index (κ3) is 12.5. The van der Waals surface area contributed by atoms with E-state index in [-0.39, 0.29) is 25.4 Å². The molecule has 0 unspecified atom stereocenters. The zero-order chi connectivity index (χ0) is 25.5. The van der Waals surface area contributed by atoms with Gasteiger partial charge in [0.15, 0.2) is 0 Å². The van der Waals surface area contributed by atoms with Crippen LogP contribution in [0.3, 0.4) is 0 Å². The van der Waals surface area contributed by atoms with Crippen molar-refractivity contribution < 1.29 is 34.8 Å². The van der Waals surface area contributed by atoms with Crippen LogP contribution in [0.25, 0.3) is 0 Å². The Morgan fingerprint density at radius 1 is 0.824 bits per heavy atom. The zero-order valence-corrected chi connectivity index (χ0v) is 20.1. The Morgan fingerprint density at radius 2 is 1.38 bits per heavy atom. The van der Waals surface area contributed by atoms with Gasteiger partial charge >= 0.3 is 17.9 Å². The molecule has 0 fully saturated rings. The first-order valence-corrected chi connectivity index (χ1v) is 11.4. The Hall–Kier alpha value is -2.73. The minimum Gasteiger partial charge on any atom is -0.507 e. The third-order valence-corrected chi connectivity index (χ3v) is 5.32. The van der Waals surface area contributed by atoms with Gasteiger partial charge in [0.25, 0.3) is 0 Å². The Balaban J connectivity index is 2.86. The second kappa shape index (κ2) is 16.0. The lowest BCUT2D eigenvalue weighted by Crippen LogP contribution is -2.43. The van der Waals surface area contributed by atoms with Gasteiger partial charge in [-0.25, -0.2) is 0 Å². The van der Waals surface area contributed by atoms with Crippen molar-refractivity contribution in [2.45, 2.75) is 26.8 Å². The highest BCUT2D eigenvalue weighted by atomic mass is 16.4. The van der Waals surface area contributed by atoms with E-state index in [1.54, 1.807) is 4.90 Å². The second-order valence-corrected chi connectivity index (χ2v) is 8.27. The van der Waals surface area contributed by atoms with Crippen LogP contribution in [0, 0.1) is 6.92 Å². The molecule has 1 aromatic carbocycles. The minimum atomic E-state index is -0.980. The van der Waals surface area contributed by atoms with E-state index in [4.69, 9.17) is 5.11 Å². The average molecular weight is 483 g/mol. The molecule has 0 aliphatic carbocycles. The number of nitrogens with one attached hydrogen (secondary N) is 1. The Kier molecular flexibility index (Phi) is 13.8. The summed E-state index contributed by atoms with van der Waals surface area (Å²) in [5, 5.41) is 40.4. The first-order chi connectivity index (χ1) is 16.1. The smallest absolute Gasteiger partial charge is 0.317 e. The molecule has 11 heteroatoms. The SMILES string of the molecule is CCCN(CCN(CCN(CCNCC(=O)O)CC(=O)O)Cc1cccc(C)c1O)CC(=O)O. The predicted octanol–water partition coefficient (Wildman–Crippen LogP) is 0.360. The molecule has 0 spiro atoms. The molecular weight excluding hydrogens is 444 g/mol. The number of hydrogen-bond acceptors (Lipinski definition) is 8. The number of phenolic OH excluding ortho intramolecular Hbond substituents is 1. The summed E-state index contributed by atoms with van der Waals surface area (Å²) < 4.78 is 0. The number of hydrogen-bond donors (Lipinski definition) is 5. The summed E-state index contributed by atoms with van der Waals surface area (Å²) in [4.78, 5) is 38.8.